The van der Waals surface area contributed by atoms with E-state index >= 15 is 0 Å². The van der Waals surface area contributed by atoms with Gasteiger partial charge in [-0.25, -0.2) is 0 Å². The topological polar surface area (TPSA) is 21.5 Å². The van der Waals surface area contributed by atoms with Gasteiger partial charge in [0.1, 0.15) is 5.78 Å². The maximum atomic E-state index is 11.4. The van der Waals surface area contributed by atoms with E-state index in [9.17, 15) is 4.79 Å². The fourth-order valence-corrected chi connectivity index (χ4v) is 2.36. The third-order valence-corrected chi connectivity index (χ3v) is 3.05. The van der Waals surface area contributed by atoms with Crippen LogP contribution >= 0.6 is 0 Å². The second-order valence-corrected chi connectivity index (χ2v) is 3.90. The number of pyridine rings is 1. The van der Waals surface area contributed by atoms with Gasteiger partial charge in [0, 0.05) is 23.3 Å². The van der Waals surface area contributed by atoms with Crippen molar-refractivity contribution >= 4 is 11.3 Å². The van der Waals surface area contributed by atoms with E-state index in [1.165, 1.54) is 11.2 Å². The lowest BCUT2D eigenvalue weighted by molar-refractivity contribution is -0.118. The molecule has 0 spiro atoms. The molecular formula is C12H11NO. The van der Waals surface area contributed by atoms with E-state index < -0.39 is 0 Å². The van der Waals surface area contributed by atoms with E-state index in [4.69, 9.17) is 0 Å². The number of aromatic nitrogens is 1. The Kier molecular flexibility index (Phi) is 1.38. The number of nitrogens with zero attached hydrogens (tertiary/aromatic N) is 1. The van der Waals surface area contributed by atoms with E-state index in [0.29, 0.717) is 0 Å². The standard InChI is InChI=1S/C12H11NO/c1-8(14)11-7-10-6-5-9-3-2-4-12(11)13(9)10/h2-6,11H,7H2,1H3. The first-order valence-corrected chi connectivity index (χ1v) is 4.87. The highest BCUT2D eigenvalue weighted by atomic mass is 16.1. The first-order chi connectivity index (χ1) is 6.77. The summed E-state index contributed by atoms with van der Waals surface area (Å²) < 4.78 is 2.20. The number of hydrogen-bond donors (Lipinski definition) is 0. The van der Waals surface area contributed by atoms with Gasteiger partial charge in [-0.2, -0.15) is 0 Å². The van der Waals surface area contributed by atoms with Gasteiger partial charge in [-0.05, 0) is 31.2 Å². The van der Waals surface area contributed by atoms with Gasteiger partial charge in [0.05, 0.1) is 5.92 Å². The summed E-state index contributed by atoms with van der Waals surface area (Å²) in [6.07, 6.45) is 0.864. The maximum absolute atomic E-state index is 11.4. The number of ketones is 1. The molecule has 2 heteroatoms. The molecule has 1 aliphatic rings. The smallest absolute Gasteiger partial charge is 0.139 e. The number of hydrogen-bond acceptors (Lipinski definition) is 1. The summed E-state index contributed by atoms with van der Waals surface area (Å²) in [7, 11) is 0. The molecule has 0 fully saturated rings. The van der Waals surface area contributed by atoms with Gasteiger partial charge in [-0.3, -0.25) is 4.79 Å². The molecule has 0 N–H and O–H groups in total. The predicted octanol–water partition coefficient (Wildman–Crippen LogP) is 2.17. The molecule has 0 saturated carbocycles. The lowest BCUT2D eigenvalue weighted by atomic mass is 9.98. The zero-order chi connectivity index (χ0) is 9.71. The van der Waals surface area contributed by atoms with Gasteiger partial charge in [0.15, 0.2) is 0 Å². The first-order valence-electron chi connectivity index (χ1n) is 4.87. The van der Waals surface area contributed by atoms with E-state index in [-0.39, 0.29) is 11.7 Å². The van der Waals surface area contributed by atoms with Crippen molar-refractivity contribution in [3.63, 3.8) is 0 Å². The highest BCUT2D eigenvalue weighted by Crippen LogP contribution is 2.31. The number of Topliss-reactive ketones (excluding diaryl/α,β-unsaturated/α-hetero) is 1. The van der Waals surface area contributed by atoms with Crippen LogP contribution in [0.4, 0.5) is 0 Å². The van der Waals surface area contributed by atoms with E-state index in [2.05, 4.69) is 28.7 Å². The van der Waals surface area contributed by atoms with Crippen LogP contribution in [0.15, 0.2) is 30.3 Å². The highest BCUT2D eigenvalue weighted by Gasteiger charge is 2.27. The summed E-state index contributed by atoms with van der Waals surface area (Å²) in [5.74, 6) is 0.344. The van der Waals surface area contributed by atoms with Gasteiger partial charge in [0.2, 0.25) is 0 Å². The van der Waals surface area contributed by atoms with Crippen molar-refractivity contribution in [1.82, 2.24) is 4.40 Å². The zero-order valence-corrected chi connectivity index (χ0v) is 8.03. The van der Waals surface area contributed by atoms with Crippen LogP contribution in [0.25, 0.3) is 5.52 Å². The fraction of sp³-hybridized carbons (Fsp3) is 0.250. The Balaban J connectivity index is 2.33. The van der Waals surface area contributed by atoms with E-state index in [1.807, 2.05) is 6.07 Å². The normalized spacial score (nSPS) is 19.1. The average molecular weight is 185 g/mol. The largest absolute Gasteiger partial charge is 0.317 e. The fourth-order valence-electron chi connectivity index (χ4n) is 2.36. The van der Waals surface area contributed by atoms with E-state index in [0.717, 1.165) is 12.1 Å². The summed E-state index contributed by atoms with van der Waals surface area (Å²) >= 11 is 0. The van der Waals surface area contributed by atoms with Crippen molar-refractivity contribution in [2.45, 2.75) is 19.3 Å². The van der Waals surface area contributed by atoms with Crippen LogP contribution in [-0.2, 0) is 11.2 Å². The second kappa shape index (κ2) is 2.47. The summed E-state index contributed by atoms with van der Waals surface area (Å²) in [5.41, 5.74) is 3.60. The Morgan fingerprint density at radius 1 is 1.36 bits per heavy atom. The van der Waals surface area contributed by atoms with Crippen LogP contribution in [0.1, 0.15) is 24.2 Å². The van der Waals surface area contributed by atoms with Crippen LogP contribution in [0.3, 0.4) is 0 Å². The quantitative estimate of drug-likeness (QED) is 0.667. The van der Waals surface area contributed by atoms with Gasteiger partial charge >= 0.3 is 0 Å². The van der Waals surface area contributed by atoms with Crippen LogP contribution in [0, 0.1) is 0 Å². The SMILES string of the molecule is CC(=O)C1Cc2ccc3cccc1n23. The molecule has 1 atom stereocenters. The Morgan fingerprint density at radius 2 is 2.21 bits per heavy atom. The van der Waals surface area contributed by atoms with Crippen LogP contribution < -0.4 is 0 Å². The summed E-state index contributed by atoms with van der Waals surface area (Å²) in [6.45, 7) is 1.68. The van der Waals surface area contributed by atoms with Crippen molar-refractivity contribution in [2.24, 2.45) is 0 Å². The molecule has 1 unspecified atom stereocenters. The molecule has 1 aliphatic heterocycles. The van der Waals surface area contributed by atoms with Crippen LogP contribution in [0.2, 0.25) is 0 Å². The summed E-state index contributed by atoms with van der Waals surface area (Å²) in [6, 6.07) is 10.4. The maximum Gasteiger partial charge on any atom is 0.139 e. The molecule has 0 amide bonds. The van der Waals surface area contributed by atoms with Gasteiger partial charge < -0.3 is 4.40 Å². The molecular weight excluding hydrogens is 174 g/mol. The molecule has 0 aliphatic carbocycles. The third-order valence-electron chi connectivity index (χ3n) is 3.05. The average Bonchev–Trinajstić information content (AvgIpc) is 2.72. The minimum absolute atomic E-state index is 0.0786. The molecule has 70 valence electrons. The Morgan fingerprint density at radius 3 is 3.00 bits per heavy atom. The third kappa shape index (κ3) is 0.830. The zero-order valence-electron chi connectivity index (χ0n) is 8.03. The highest BCUT2D eigenvalue weighted by molar-refractivity contribution is 5.84. The minimum atomic E-state index is 0.0786. The molecule has 0 radical (unpaired) electrons. The van der Waals surface area contributed by atoms with Gasteiger partial charge in [-0.15, -0.1) is 0 Å². The molecule has 2 nitrogen and oxygen atoms in total. The monoisotopic (exact) mass is 185 g/mol. The molecule has 0 aromatic carbocycles. The molecule has 3 rings (SSSR count). The molecule has 3 heterocycles. The Hall–Kier alpha value is -1.57. The Bertz CT molecular complexity index is 524. The van der Waals surface area contributed by atoms with E-state index in [1.54, 1.807) is 6.92 Å². The number of carbonyl (C=O) groups excluding carboxylic acids is 1. The lowest BCUT2D eigenvalue weighted by Crippen LogP contribution is -2.07. The van der Waals surface area contributed by atoms with Gasteiger partial charge in [-0.1, -0.05) is 6.07 Å². The number of carbonyl (C=O) groups is 1. The molecule has 2 aromatic heterocycles. The lowest BCUT2D eigenvalue weighted by Gasteiger charge is -2.06. The summed E-state index contributed by atoms with van der Waals surface area (Å²) in [5, 5.41) is 0. The minimum Gasteiger partial charge on any atom is -0.317 e. The molecule has 0 saturated heterocycles. The first kappa shape index (κ1) is 7.80. The predicted molar refractivity (Wildman–Crippen MR) is 54.5 cm³/mol. The van der Waals surface area contributed by atoms with Crippen molar-refractivity contribution in [2.75, 3.05) is 0 Å². The van der Waals surface area contributed by atoms with Crippen molar-refractivity contribution < 1.29 is 4.79 Å². The van der Waals surface area contributed by atoms with Crippen molar-refractivity contribution in [1.29, 1.82) is 0 Å². The summed E-state index contributed by atoms with van der Waals surface area (Å²) in [4.78, 5) is 11.4. The molecule has 2 aromatic rings. The molecule has 0 bridgehead atoms. The second-order valence-electron chi connectivity index (χ2n) is 3.90. The Labute approximate surface area is 82.2 Å². The number of rotatable bonds is 1. The van der Waals surface area contributed by atoms with Gasteiger partial charge in [0.25, 0.3) is 0 Å². The van der Waals surface area contributed by atoms with Crippen LogP contribution in [-0.4, -0.2) is 10.2 Å². The van der Waals surface area contributed by atoms with Crippen molar-refractivity contribution in [3.05, 3.63) is 41.7 Å². The molecule has 14 heavy (non-hydrogen) atoms. The van der Waals surface area contributed by atoms with Crippen LogP contribution in [0.5, 0.6) is 0 Å². The van der Waals surface area contributed by atoms with Crippen molar-refractivity contribution in [3.8, 4) is 0 Å².